The quantitative estimate of drug-likeness (QED) is 0.841. The van der Waals surface area contributed by atoms with Crippen molar-refractivity contribution in [2.75, 3.05) is 19.6 Å². The molecular formula is C15H30N2O. The molecule has 1 unspecified atom stereocenters. The number of hydrogen-bond donors (Lipinski definition) is 1. The van der Waals surface area contributed by atoms with E-state index in [1.165, 1.54) is 0 Å². The van der Waals surface area contributed by atoms with Crippen molar-refractivity contribution in [2.24, 2.45) is 28.9 Å². The summed E-state index contributed by atoms with van der Waals surface area (Å²) < 4.78 is 0. The molecule has 18 heavy (non-hydrogen) atoms. The molecule has 1 fully saturated rings. The summed E-state index contributed by atoms with van der Waals surface area (Å²) in [6.45, 7) is 13.3. The fourth-order valence-corrected chi connectivity index (χ4v) is 2.86. The SMILES string of the molecule is CC(C)C(CN)C(=O)N1CCC(C(C)(C)C)CC1. The van der Waals surface area contributed by atoms with Crippen molar-refractivity contribution in [3.8, 4) is 0 Å². The van der Waals surface area contributed by atoms with E-state index in [1.54, 1.807) is 0 Å². The van der Waals surface area contributed by atoms with E-state index in [1.807, 2.05) is 4.90 Å². The Hall–Kier alpha value is -0.570. The van der Waals surface area contributed by atoms with Crippen LogP contribution >= 0.6 is 0 Å². The number of hydrogen-bond acceptors (Lipinski definition) is 2. The number of likely N-dealkylation sites (tertiary alicyclic amines) is 1. The molecule has 3 nitrogen and oxygen atoms in total. The van der Waals surface area contributed by atoms with Gasteiger partial charge < -0.3 is 10.6 Å². The zero-order chi connectivity index (χ0) is 13.9. The van der Waals surface area contributed by atoms with E-state index in [2.05, 4.69) is 34.6 Å². The smallest absolute Gasteiger partial charge is 0.227 e. The van der Waals surface area contributed by atoms with E-state index < -0.39 is 0 Å². The van der Waals surface area contributed by atoms with E-state index >= 15 is 0 Å². The lowest BCUT2D eigenvalue weighted by Gasteiger charge is -2.40. The van der Waals surface area contributed by atoms with Crippen LogP contribution in [0.3, 0.4) is 0 Å². The molecule has 1 heterocycles. The Morgan fingerprint density at radius 3 is 2.11 bits per heavy atom. The minimum Gasteiger partial charge on any atom is -0.342 e. The number of piperidine rings is 1. The second-order valence-electron chi connectivity index (χ2n) is 7.05. The van der Waals surface area contributed by atoms with Crippen LogP contribution in [-0.2, 0) is 4.79 Å². The summed E-state index contributed by atoms with van der Waals surface area (Å²) in [5, 5.41) is 0. The number of carbonyl (C=O) groups is 1. The molecule has 0 aliphatic carbocycles. The number of amides is 1. The van der Waals surface area contributed by atoms with E-state index in [4.69, 9.17) is 5.73 Å². The van der Waals surface area contributed by atoms with Crippen LogP contribution in [0.5, 0.6) is 0 Å². The van der Waals surface area contributed by atoms with Crippen LogP contribution in [0.4, 0.5) is 0 Å². The first-order valence-electron chi connectivity index (χ1n) is 7.26. The van der Waals surface area contributed by atoms with Crippen molar-refractivity contribution in [3.05, 3.63) is 0 Å². The highest BCUT2D eigenvalue weighted by atomic mass is 16.2. The van der Waals surface area contributed by atoms with Crippen LogP contribution < -0.4 is 5.73 Å². The molecule has 1 saturated heterocycles. The van der Waals surface area contributed by atoms with Gasteiger partial charge in [-0.1, -0.05) is 34.6 Å². The van der Waals surface area contributed by atoms with Gasteiger partial charge in [0.15, 0.2) is 0 Å². The summed E-state index contributed by atoms with van der Waals surface area (Å²) >= 11 is 0. The maximum absolute atomic E-state index is 12.4. The molecule has 0 saturated carbocycles. The molecule has 0 bridgehead atoms. The molecule has 1 rings (SSSR count). The highest BCUT2D eigenvalue weighted by Gasteiger charge is 2.33. The van der Waals surface area contributed by atoms with Crippen LogP contribution in [0.1, 0.15) is 47.5 Å². The summed E-state index contributed by atoms with van der Waals surface area (Å²) in [7, 11) is 0. The lowest BCUT2D eigenvalue weighted by Crippen LogP contribution is -2.46. The molecule has 0 aromatic rings. The standard InChI is InChI=1S/C15H30N2O/c1-11(2)13(10-16)14(18)17-8-6-12(7-9-17)15(3,4)5/h11-13H,6-10,16H2,1-5H3. The van der Waals surface area contributed by atoms with E-state index in [-0.39, 0.29) is 11.8 Å². The van der Waals surface area contributed by atoms with Crippen LogP contribution in [0.15, 0.2) is 0 Å². The predicted molar refractivity (Wildman–Crippen MR) is 76.1 cm³/mol. The van der Waals surface area contributed by atoms with E-state index in [0.29, 0.717) is 17.9 Å². The second kappa shape index (κ2) is 6.05. The number of nitrogens with zero attached hydrogens (tertiary/aromatic N) is 1. The summed E-state index contributed by atoms with van der Waals surface area (Å²) in [5.41, 5.74) is 6.09. The van der Waals surface area contributed by atoms with Crippen molar-refractivity contribution in [1.82, 2.24) is 4.90 Å². The topological polar surface area (TPSA) is 46.3 Å². The average molecular weight is 254 g/mol. The molecule has 1 aliphatic heterocycles. The third kappa shape index (κ3) is 3.71. The minimum absolute atomic E-state index is 0.00353. The van der Waals surface area contributed by atoms with Crippen LogP contribution in [0.2, 0.25) is 0 Å². The Morgan fingerprint density at radius 2 is 1.78 bits per heavy atom. The Labute approximate surface area is 112 Å². The molecule has 3 heteroatoms. The average Bonchev–Trinajstić information content (AvgIpc) is 2.28. The van der Waals surface area contributed by atoms with Gasteiger partial charge in [-0.05, 0) is 30.1 Å². The van der Waals surface area contributed by atoms with Crippen LogP contribution in [0, 0.1) is 23.2 Å². The predicted octanol–water partition coefficient (Wildman–Crippen LogP) is 2.50. The zero-order valence-corrected chi connectivity index (χ0v) is 12.7. The van der Waals surface area contributed by atoms with Gasteiger partial charge in [0.25, 0.3) is 0 Å². The van der Waals surface area contributed by atoms with Gasteiger partial charge in [-0.15, -0.1) is 0 Å². The lowest BCUT2D eigenvalue weighted by atomic mass is 9.75. The van der Waals surface area contributed by atoms with Gasteiger partial charge in [-0.25, -0.2) is 0 Å². The van der Waals surface area contributed by atoms with Gasteiger partial charge in [0.2, 0.25) is 5.91 Å². The lowest BCUT2D eigenvalue weighted by molar-refractivity contribution is -0.138. The van der Waals surface area contributed by atoms with Gasteiger partial charge >= 0.3 is 0 Å². The summed E-state index contributed by atoms with van der Waals surface area (Å²) in [4.78, 5) is 14.4. The highest BCUT2D eigenvalue weighted by molar-refractivity contribution is 5.79. The maximum Gasteiger partial charge on any atom is 0.227 e. The molecule has 2 N–H and O–H groups in total. The third-order valence-electron chi connectivity index (χ3n) is 4.41. The fraction of sp³-hybridized carbons (Fsp3) is 0.933. The summed E-state index contributed by atoms with van der Waals surface area (Å²) in [6.07, 6.45) is 2.26. The summed E-state index contributed by atoms with van der Waals surface area (Å²) in [6, 6.07) is 0. The Bertz CT molecular complexity index is 273. The zero-order valence-electron chi connectivity index (χ0n) is 12.7. The van der Waals surface area contributed by atoms with Gasteiger partial charge in [-0.3, -0.25) is 4.79 Å². The molecule has 1 aliphatic rings. The van der Waals surface area contributed by atoms with Crippen molar-refractivity contribution in [2.45, 2.75) is 47.5 Å². The molecule has 0 spiro atoms. The fourth-order valence-electron chi connectivity index (χ4n) is 2.86. The minimum atomic E-state index is -0.00353. The number of nitrogens with two attached hydrogens (primary N) is 1. The highest BCUT2D eigenvalue weighted by Crippen LogP contribution is 2.34. The van der Waals surface area contributed by atoms with Crippen molar-refractivity contribution in [1.29, 1.82) is 0 Å². The van der Waals surface area contributed by atoms with Crippen LogP contribution in [-0.4, -0.2) is 30.4 Å². The number of carbonyl (C=O) groups excluding carboxylic acids is 1. The second-order valence-corrected chi connectivity index (χ2v) is 7.05. The van der Waals surface area contributed by atoms with Gasteiger partial charge in [0.05, 0.1) is 5.92 Å². The molecule has 1 amide bonds. The molecule has 0 aromatic heterocycles. The number of rotatable bonds is 3. The van der Waals surface area contributed by atoms with Crippen molar-refractivity contribution >= 4 is 5.91 Å². The molecule has 106 valence electrons. The van der Waals surface area contributed by atoms with E-state index in [9.17, 15) is 4.79 Å². The Morgan fingerprint density at radius 1 is 1.28 bits per heavy atom. The first-order chi connectivity index (χ1) is 8.27. The Balaban J connectivity index is 2.55. The first-order valence-corrected chi connectivity index (χ1v) is 7.26. The summed E-state index contributed by atoms with van der Waals surface area (Å²) in [5.74, 6) is 1.33. The largest absolute Gasteiger partial charge is 0.342 e. The molecule has 1 atom stereocenters. The van der Waals surface area contributed by atoms with Gasteiger partial charge in [0.1, 0.15) is 0 Å². The van der Waals surface area contributed by atoms with Gasteiger partial charge in [0, 0.05) is 19.6 Å². The maximum atomic E-state index is 12.4. The van der Waals surface area contributed by atoms with Gasteiger partial charge in [-0.2, -0.15) is 0 Å². The van der Waals surface area contributed by atoms with E-state index in [0.717, 1.165) is 31.8 Å². The first kappa shape index (κ1) is 15.5. The molecule has 0 aromatic carbocycles. The monoisotopic (exact) mass is 254 g/mol. The van der Waals surface area contributed by atoms with Crippen molar-refractivity contribution in [3.63, 3.8) is 0 Å². The molecule has 0 radical (unpaired) electrons. The normalized spacial score (nSPS) is 20.3. The molecular weight excluding hydrogens is 224 g/mol. The third-order valence-corrected chi connectivity index (χ3v) is 4.41. The van der Waals surface area contributed by atoms with Crippen molar-refractivity contribution < 1.29 is 4.79 Å². The van der Waals surface area contributed by atoms with Crippen LogP contribution in [0.25, 0.3) is 0 Å². The Kier molecular flexibility index (Phi) is 5.20.